The fourth-order valence-corrected chi connectivity index (χ4v) is 1.17. The lowest BCUT2D eigenvalue weighted by atomic mass is 10.1. The van der Waals surface area contributed by atoms with Crippen molar-refractivity contribution in [3.63, 3.8) is 0 Å². The van der Waals surface area contributed by atoms with Crippen LogP contribution in [0.1, 0.15) is 11.1 Å². The first-order valence-electron chi connectivity index (χ1n) is 3.53. The molecule has 0 saturated heterocycles. The van der Waals surface area contributed by atoms with E-state index in [4.69, 9.17) is 0 Å². The molecule has 0 saturated carbocycles. The molecule has 1 heterocycles. The van der Waals surface area contributed by atoms with E-state index >= 15 is 0 Å². The number of nitrogens with zero attached hydrogens (tertiary/aromatic N) is 1. The van der Waals surface area contributed by atoms with Gasteiger partial charge in [-0.05, 0) is 31.0 Å². The first-order valence-corrected chi connectivity index (χ1v) is 3.53. The minimum atomic E-state index is 0.987. The van der Waals surface area contributed by atoms with Gasteiger partial charge in [0.15, 0.2) is 0 Å². The molecule has 0 aliphatic carbocycles. The summed E-state index contributed by atoms with van der Waals surface area (Å²) in [5.41, 5.74) is 4.27. The second kappa shape index (κ2) is 2.09. The first-order chi connectivity index (χ1) is 5.29. The number of aromatic nitrogens is 2. The van der Waals surface area contributed by atoms with E-state index in [2.05, 4.69) is 16.9 Å². The van der Waals surface area contributed by atoms with Crippen LogP contribution in [0.5, 0.6) is 0 Å². The highest BCUT2D eigenvalue weighted by Gasteiger charge is 2.00. The lowest BCUT2D eigenvalue weighted by Crippen LogP contribution is -1.81. The average Bonchev–Trinajstić information content (AvgIpc) is 2.45. The van der Waals surface area contributed by atoms with Crippen molar-refractivity contribution >= 4 is 11.0 Å². The molecule has 2 rings (SSSR count). The minimum Gasteiger partial charge on any atom is -0.344 e. The van der Waals surface area contributed by atoms with Crippen LogP contribution < -0.4 is 0 Å². The van der Waals surface area contributed by atoms with E-state index in [0.717, 1.165) is 16.6 Å². The number of fused-ring (bicyclic) bond motifs is 1. The second-order valence-electron chi connectivity index (χ2n) is 2.66. The van der Waals surface area contributed by atoms with Crippen LogP contribution in [0.4, 0.5) is 0 Å². The SMILES string of the molecule is [CH2]c1c(C)ccc2nc[nH]c12. The van der Waals surface area contributed by atoms with Crippen LogP contribution >= 0.6 is 0 Å². The number of benzene rings is 1. The fourth-order valence-electron chi connectivity index (χ4n) is 1.17. The average molecular weight is 145 g/mol. The van der Waals surface area contributed by atoms with E-state index in [9.17, 15) is 0 Å². The Morgan fingerprint density at radius 1 is 1.45 bits per heavy atom. The van der Waals surface area contributed by atoms with Gasteiger partial charge < -0.3 is 4.98 Å². The highest BCUT2D eigenvalue weighted by atomic mass is 14.9. The summed E-state index contributed by atoms with van der Waals surface area (Å²) >= 11 is 0. The molecular formula is C9H9N2. The molecule has 0 spiro atoms. The van der Waals surface area contributed by atoms with Gasteiger partial charge in [-0.15, -0.1) is 0 Å². The van der Waals surface area contributed by atoms with Gasteiger partial charge in [-0.1, -0.05) is 6.07 Å². The van der Waals surface area contributed by atoms with Crippen LogP contribution in [0.25, 0.3) is 11.0 Å². The number of H-pyrrole nitrogens is 1. The van der Waals surface area contributed by atoms with E-state index in [1.807, 2.05) is 19.1 Å². The molecule has 1 aromatic carbocycles. The molecule has 0 amide bonds. The predicted octanol–water partition coefficient (Wildman–Crippen LogP) is 2.05. The summed E-state index contributed by atoms with van der Waals surface area (Å²) in [4.78, 5) is 7.18. The van der Waals surface area contributed by atoms with Crippen molar-refractivity contribution in [2.75, 3.05) is 0 Å². The number of rotatable bonds is 0. The summed E-state index contributed by atoms with van der Waals surface area (Å²) in [6.07, 6.45) is 1.69. The molecule has 0 unspecified atom stereocenters. The number of hydrogen-bond acceptors (Lipinski definition) is 1. The minimum absolute atomic E-state index is 0.987. The van der Waals surface area contributed by atoms with E-state index in [-0.39, 0.29) is 0 Å². The molecule has 1 aromatic heterocycles. The zero-order valence-corrected chi connectivity index (χ0v) is 6.39. The normalized spacial score (nSPS) is 10.7. The molecular weight excluding hydrogens is 136 g/mol. The highest BCUT2D eigenvalue weighted by Crippen LogP contribution is 2.16. The quantitative estimate of drug-likeness (QED) is 0.603. The smallest absolute Gasteiger partial charge is 0.0931 e. The summed E-state index contributed by atoms with van der Waals surface area (Å²) in [6.45, 7) is 5.99. The van der Waals surface area contributed by atoms with Gasteiger partial charge in [0.05, 0.1) is 17.4 Å². The molecule has 2 heteroatoms. The second-order valence-corrected chi connectivity index (χ2v) is 2.66. The van der Waals surface area contributed by atoms with Gasteiger partial charge >= 0.3 is 0 Å². The zero-order chi connectivity index (χ0) is 7.84. The van der Waals surface area contributed by atoms with Gasteiger partial charge in [0.25, 0.3) is 0 Å². The maximum Gasteiger partial charge on any atom is 0.0931 e. The Kier molecular flexibility index (Phi) is 1.22. The molecule has 11 heavy (non-hydrogen) atoms. The van der Waals surface area contributed by atoms with Crippen molar-refractivity contribution in [2.24, 2.45) is 0 Å². The van der Waals surface area contributed by atoms with E-state index in [1.54, 1.807) is 6.33 Å². The van der Waals surface area contributed by atoms with Gasteiger partial charge in [-0.3, -0.25) is 0 Å². The van der Waals surface area contributed by atoms with Crippen LogP contribution in [0, 0.1) is 13.8 Å². The van der Waals surface area contributed by atoms with Gasteiger partial charge in [0.2, 0.25) is 0 Å². The Hall–Kier alpha value is -1.31. The molecule has 55 valence electrons. The summed E-state index contributed by atoms with van der Waals surface area (Å²) < 4.78 is 0. The lowest BCUT2D eigenvalue weighted by molar-refractivity contribution is 1.34. The Bertz CT molecular complexity index is 387. The Balaban J connectivity index is 2.93. The molecule has 2 nitrogen and oxygen atoms in total. The number of imidazole rings is 1. The van der Waals surface area contributed by atoms with Crippen molar-refractivity contribution < 1.29 is 0 Å². The zero-order valence-electron chi connectivity index (χ0n) is 6.39. The summed E-state index contributed by atoms with van der Waals surface area (Å²) in [6, 6.07) is 4.03. The van der Waals surface area contributed by atoms with E-state index in [0.29, 0.717) is 0 Å². The van der Waals surface area contributed by atoms with Crippen molar-refractivity contribution in [1.29, 1.82) is 0 Å². The predicted molar refractivity (Wildman–Crippen MR) is 45.3 cm³/mol. The number of aryl methyl sites for hydroxylation is 1. The van der Waals surface area contributed by atoms with Gasteiger partial charge in [-0.25, -0.2) is 4.98 Å². The van der Waals surface area contributed by atoms with Crippen LogP contribution in [0.3, 0.4) is 0 Å². The summed E-state index contributed by atoms with van der Waals surface area (Å²) in [7, 11) is 0. The summed E-state index contributed by atoms with van der Waals surface area (Å²) in [5.74, 6) is 0. The molecule has 0 aliphatic rings. The third-order valence-corrected chi connectivity index (χ3v) is 1.94. The maximum atomic E-state index is 4.13. The Morgan fingerprint density at radius 3 is 3.09 bits per heavy atom. The fraction of sp³-hybridized carbons (Fsp3) is 0.111. The molecule has 2 aromatic rings. The van der Waals surface area contributed by atoms with Crippen LogP contribution in [-0.4, -0.2) is 9.97 Å². The van der Waals surface area contributed by atoms with Gasteiger partial charge in [0, 0.05) is 0 Å². The Morgan fingerprint density at radius 2 is 2.27 bits per heavy atom. The lowest BCUT2D eigenvalue weighted by Gasteiger charge is -1.98. The molecule has 1 N–H and O–H groups in total. The summed E-state index contributed by atoms with van der Waals surface area (Å²) in [5, 5.41) is 0. The van der Waals surface area contributed by atoms with E-state index < -0.39 is 0 Å². The van der Waals surface area contributed by atoms with Crippen molar-refractivity contribution in [2.45, 2.75) is 6.92 Å². The number of nitrogens with one attached hydrogen (secondary N) is 1. The molecule has 0 bridgehead atoms. The van der Waals surface area contributed by atoms with Gasteiger partial charge in [-0.2, -0.15) is 0 Å². The van der Waals surface area contributed by atoms with Crippen LogP contribution in [0.2, 0.25) is 0 Å². The highest BCUT2D eigenvalue weighted by molar-refractivity contribution is 5.80. The van der Waals surface area contributed by atoms with Gasteiger partial charge in [0.1, 0.15) is 0 Å². The molecule has 1 radical (unpaired) electrons. The number of aromatic amines is 1. The van der Waals surface area contributed by atoms with Crippen molar-refractivity contribution in [3.05, 3.63) is 36.5 Å². The molecule has 0 atom stereocenters. The molecule has 0 aliphatic heterocycles. The Labute approximate surface area is 65.3 Å². The van der Waals surface area contributed by atoms with Crippen molar-refractivity contribution in [3.8, 4) is 0 Å². The monoisotopic (exact) mass is 145 g/mol. The first kappa shape index (κ1) is 6.40. The topological polar surface area (TPSA) is 28.7 Å². The van der Waals surface area contributed by atoms with E-state index in [1.165, 1.54) is 5.56 Å². The van der Waals surface area contributed by atoms with Crippen molar-refractivity contribution in [1.82, 2.24) is 9.97 Å². The standard InChI is InChI=1S/C9H9N2/c1-6-3-4-8-9(7(6)2)11-5-10-8/h3-5H,2H2,1H3,(H,10,11). The third-order valence-electron chi connectivity index (χ3n) is 1.94. The molecule has 0 fully saturated rings. The largest absolute Gasteiger partial charge is 0.344 e. The number of hydrogen-bond donors (Lipinski definition) is 1. The maximum absolute atomic E-state index is 4.13. The third kappa shape index (κ3) is 0.827. The van der Waals surface area contributed by atoms with Crippen LogP contribution in [-0.2, 0) is 0 Å². The van der Waals surface area contributed by atoms with Crippen LogP contribution in [0.15, 0.2) is 18.5 Å².